The summed E-state index contributed by atoms with van der Waals surface area (Å²) in [5.74, 6) is -1.24. The van der Waals surface area contributed by atoms with Crippen LogP contribution < -0.4 is 5.32 Å². The molecule has 6 heteroatoms. The van der Waals surface area contributed by atoms with Crippen LogP contribution in [0.3, 0.4) is 0 Å². The molecule has 6 nitrogen and oxygen atoms in total. The van der Waals surface area contributed by atoms with Gasteiger partial charge >= 0.3 is 5.97 Å². The molecule has 0 saturated heterocycles. The van der Waals surface area contributed by atoms with Crippen molar-refractivity contribution in [1.82, 2.24) is 4.90 Å². The zero-order chi connectivity index (χ0) is 18.8. The fraction of sp³-hybridized carbons (Fsp3) is 0.421. The van der Waals surface area contributed by atoms with E-state index in [0.29, 0.717) is 18.7 Å². The summed E-state index contributed by atoms with van der Waals surface area (Å²) >= 11 is 0. The van der Waals surface area contributed by atoms with Gasteiger partial charge in [0.2, 0.25) is 5.91 Å². The van der Waals surface area contributed by atoms with Gasteiger partial charge in [0, 0.05) is 18.3 Å². The van der Waals surface area contributed by atoms with E-state index >= 15 is 0 Å². The van der Waals surface area contributed by atoms with Gasteiger partial charge < -0.3 is 15.0 Å². The minimum absolute atomic E-state index is 0.0821. The van der Waals surface area contributed by atoms with Crippen molar-refractivity contribution < 1.29 is 19.1 Å². The molecule has 1 rings (SSSR count). The highest BCUT2D eigenvalue weighted by Crippen LogP contribution is 2.13. The number of ether oxygens (including phenoxy) is 1. The topological polar surface area (TPSA) is 75.7 Å². The van der Waals surface area contributed by atoms with Gasteiger partial charge in [-0.25, -0.2) is 4.79 Å². The van der Waals surface area contributed by atoms with Gasteiger partial charge in [-0.05, 0) is 38.8 Å². The lowest BCUT2D eigenvalue weighted by molar-refractivity contribution is -0.148. The van der Waals surface area contributed by atoms with E-state index in [0.717, 1.165) is 11.1 Å². The molecule has 0 atom stereocenters. The third-order valence-corrected chi connectivity index (χ3v) is 3.34. The van der Waals surface area contributed by atoms with Crippen LogP contribution in [0.5, 0.6) is 0 Å². The van der Waals surface area contributed by atoms with E-state index in [4.69, 9.17) is 4.74 Å². The van der Waals surface area contributed by atoms with Crippen molar-refractivity contribution in [3.8, 4) is 0 Å². The van der Waals surface area contributed by atoms with Crippen LogP contribution in [0.15, 0.2) is 35.9 Å². The van der Waals surface area contributed by atoms with Crippen LogP contribution in [0.25, 0.3) is 0 Å². The molecule has 0 aliphatic heterocycles. The maximum absolute atomic E-state index is 12.2. The molecule has 25 heavy (non-hydrogen) atoms. The Kier molecular flexibility index (Phi) is 8.39. The molecule has 0 aromatic heterocycles. The van der Waals surface area contributed by atoms with Gasteiger partial charge in [-0.15, -0.1) is 0 Å². The normalized spacial score (nSPS) is 9.92. The Morgan fingerprint density at radius 3 is 2.48 bits per heavy atom. The molecule has 0 unspecified atom stereocenters. The minimum Gasteiger partial charge on any atom is -0.452 e. The lowest BCUT2D eigenvalue weighted by atomic mass is 10.2. The summed E-state index contributed by atoms with van der Waals surface area (Å²) in [6, 6.07) is 7.42. The lowest BCUT2D eigenvalue weighted by Gasteiger charge is -2.21. The Bertz CT molecular complexity index is 649. The summed E-state index contributed by atoms with van der Waals surface area (Å²) in [5.41, 5.74) is 2.45. The number of nitrogens with zero attached hydrogens (tertiary/aromatic N) is 1. The van der Waals surface area contributed by atoms with Gasteiger partial charge in [-0.2, -0.15) is 0 Å². The van der Waals surface area contributed by atoms with Crippen molar-refractivity contribution in [2.75, 3.05) is 25.0 Å². The highest BCUT2D eigenvalue weighted by Gasteiger charge is 2.18. The molecular formula is C19H26N2O4. The van der Waals surface area contributed by atoms with E-state index in [1.165, 1.54) is 11.0 Å². The van der Waals surface area contributed by atoms with E-state index in [-0.39, 0.29) is 19.1 Å². The lowest BCUT2D eigenvalue weighted by Crippen LogP contribution is -2.40. The van der Waals surface area contributed by atoms with E-state index in [2.05, 4.69) is 5.32 Å². The third kappa shape index (κ3) is 7.65. The molecule has 2 amide bonds. The maximum Gasteiger partial charge on any atom is 0.331 e. The highest BCUT2D eigenvalue weighted by atomic mass is 16.5. The molecule has 136 valence electrons. The molecule has 1 N–H and O–H groups in total. The summed E-state index contributed by atoms with van der Waals surface area (Å²) in [6.45, 7) is 7.30. The summed E-state index contributed by atoms with van der Waals surface area (Å²) in [5, 5.41) is 2.79. The largest absolute Gasteiger partial charge is 0.452 e. The van der Waals surface area contributed by atoms with E-state index in [9.17, 15) is 14.4 Å². The van der Waals surface area contributed by atoms with Crippen molar-refractivity contribution >= 4 is 23.5 Å². The summed E-state index contributed by atoms with van der Waals surface area (Å²) in [4.78, 5) is 37.3. The van der Waals surface area contributed by atoms with Crippen molar-refractivity contribution in [1.29, 1.82) is 0 Å². The van der Waals surface area contributed by atoms with Gasteiger partial charge in [-0.1, -0.05) is 30.7 Å². The molecule has 1 aromatic rings. The van der Waals surface area contributed by atoms with Crippen LogP contribution in [0, 0.1) is 6.92 Å². The quantitative estimate of drug-likeness (QED) is 0.580. The zero-order valence-corrected chi connectivity index (χ0v) is 15.3. The summed E-state index contributed by atoms with van der Waals surface area (Å²) in [7, 11) is 0. The SMILES string of the molecule is CCCN(CC(=O)Nc1ccccc1C)C(=O)COC(=O)C=C(C)C. The number of esters is 1. The molecule has 0 bridgehead atoms. The third-order valence-electron chi connectivity index (χ3n) is 3.34. The maximum atomic E-state index is 12.2. The second-order valence-corrected chi connectivity index (χ2v) is 6.01. The average molecular weight is 346 g/mol. The molecular weight excluding hydrogens is 320 g/mol. The fourth-order valence-electron chi connectivity index (χ4n) is 2.14. The zero-order valence-electron chi connectivity index (χ0n) is 15.3. The van der Waals surface area contributed by atoms with Crippen LogP contribution in [-0.2, 0) is 19.1 Å². The Morgan fingerprint density at radius 1 is 1.20 bits per heavy atom. The Morgan fingerprint density at radius 2 is 1.88 bits per heavy atom. The monoisotopic (exact) mass is 346 g/mol. The summed E-state index contributed by atoms with van der Waals surface area (Å²) in [6.07, 6.45) is 2.02. The first-order chi connectivity index (χ1) is 11.8. The Hall–Kier alpha value is -2.63. The standard InChI is InChI=1S/C19H26N2O4/c1-5-10-21(18(23)13-25-19(24)11-14(2)3)12-17(22)20-16-9-7-6-8-15(16)4/h6-9,11H,5,10,12-13H2,1-4H3,(H,20,22). The number of para-hydroxylation sites is 1. The van der Waals surface area contributed by atoms with Crippen molar-refractivity contribution in [2.24, 2.45) is 0 Å². The molecule has 0 spiro atoms. The number of aryl methyl sites for hydroxylation is 1. The van der Waals surface area contributed by atoms with E-state index in [1.54, 1.807) is 19.9 Å². The van der Waals surface area contributed by atoms with Gasteiger partial charge in [-0.3, -0.25) is 9.59 Å². The fourth-order valence-corrected chi connectivity index (χ4v) is 2.14. The van der Waals surface area contributed by atoms with Gasteiger partial charge in [0.25, 0.3) is 5.91 Å². The molecule has 0 aliphatic rings. The van der Waals surface area contributed by atoms with Crippen LogP contribution in [0.2, 0.25) is 0 Å². The number of benzene rings is 1. The van der Waals surface area contributed by atoms with Gasteiger partial charge in [0.1, 0.15) is 0 Å². The highest BCUT2D eigenvalue weighted by molar-refractivity contribution is 5.95. The number of anilines is 1. The second kappa shape index (κ2) is 10.3. The summed E-state index contributed by atoms with van der Waals surface area (Å²) < 4.78 is 4.92. The number of allylic oxidation sites excluding steroid dienone is 1. The Labute approximate surface area is 148 Å². The van der Waals surface area contributed by atoms with E-state index in [1.807, 2.05) is 32.0 Å². The molecule has 0 radical (unpaired) electrons. The molecule has 1 aromatic carbocycles. The number of hydrogen-bond acceptors (Lipinski definition) is 4. The number of nitrogens with one attached hydrogen (secondary N) is 1. The average Bonchev–Trinajstić information content (AvgIpc) is 2.53. The van der Waals surface area contributed by atoms with Gasteiger partial charge in [0.15, 0.2) is 6.61 Å². The number of rotatable bonds is 8. The first-order valence-electron chi connectivity index (χ1n) is 8.28. The van der Waals surface area contributed by atoms with Crippen LogP contribution in [-0.4, -0.2) is 42.4 Å². The first kappa shape index (κ1) is 20.4. The van der Waals surface area contributed by atoms with E-state index < -0.39 is 11.9 Å². The Balaban J connectivity index is 2.61. The van der Waals surface area contributed by atoms with Crippen LogP contribution in [0.1, 0.15) is 32.8 Å². The second-order valence-electron chi connectivity index (χ2n) is 6.01. The molecule has 0 aliphatic carbocycles. The molecule has 0 heterocycles. The number of hydrogen-bond donors (Lipinski definition) is 1. The van der Waals surface area contributed by atoms with Crippen molar-refractivity contribution in [3.63, 3.8) is 0 Å². The van der Waals surface area contributed by atoms with Gasteiger partial charge in [0.05, 0.1) is 6.54 Å². The van der Waals surface area contributed by atoms with Crippen molar-refractivity contribution in [3.05, 3.63) is 41.5 Å². The predicted octanol–water partition coefficient (Wildman–Crippen LogP) is 2.68. The number of carbonyl (C=O) groups is 3. The number of amides is 2. The molecule has 0 fully saturated rings. The predicted molar refractivity (Wildman–Crippen MR) is 97.1 cm³/mol. The van der Waals surface area contributed by atoms with Crippen molar-refractivity contribution in [2.45, 2.75) is 34.1 Å². The number of carbonyl (C=O) groups excluding carboxylic acids is 3. The smallest absolute Gasteiger partial charge is 0.331 e. The first-order valence-corrected chi connectivity index (χ1v) is 8.28. The van der Waals surface area contributed by atoms with Crippen LogP contribution in [0.4, 0.5) is 5.69 Å². The molecule has 0 saturated carbocycles. The van der Waals surface area contributed by atoms with Crippen LogP contribution >= 0.6 is 0 Å². The minimum atomic E-state index is -0.561.